The zero-order valence-electron chi connectivity index (χ0n) is 20.7. The number of sulfonamides is 1. The van der Waals surface area contributed by atoms with Crippen LogP contribution in [0.3, 0.4) is 0 Å². The fraction of sp³-hybridized carbons (Fsp3) is 0.207. The van der Waals surface area contributed by atoms with Gasteiger partial charge in [-0.15, -0.1) is 0 Å². The molecule has 9 heteroatoms. The maximum Gasteiger partial charge on any atom is 0.253 e. The number of carbonyl (C=O) groups is 1. The molecular weight excluding hydrogens is 522 g/mol. The molecule has 0 aliphatic carbocycles. The summed E-state index contributed by atoms with van der Waals surface area (Å²) in [6, 6.07) is 28.5. The quantitative estimate of drug-likeness (QED) is 0.336. The lowest BCUT2D eigenvalue weighted by Crippen LogP contribution is -2.49. The van der Waals surface area contributed by atoms with Gasteiger partial charge in [0.05, 0.1) is 23.9 Å². The van der Waals surface area contributed by atoms with E-state index in [9.17, 15) is 13.2 Å². The van der Waals surface area contributed by atoms with Crippen molar-refractivity contribution in [3.63, 3.8) is 0 Å². The highest BCUT2D eigenvalue weighted by Gasteiger charge is 2.29. The normalized spacial score (nSPS) is 14.6. The predicted octanol–water partition coefficient (Wildman–Crippen LogP) is 4.96. The van der Waals surface area contributed by atoms with Crippen LogP contribution in [0.1, 0.15) is 33.3 Å². The fourth-order valence-electron chi connectivity index (χ4n) is 4.75. The van der Waals surface area contributed by atoms with Crippen molar-refractivity contribution in [2.75, 3.05) is 26.2 Å². The minimum absolute atomic E-state index is 0.0181. The molecule has 0 radical (unpaired) electrons. The van der Waals surface area contributed by atoms with Gasteiger partial charge in [0.25, 0.3) is 5.91 Å². The predicted molar refractivity (Wildman–Crippen MR) is 146 cm³/mol. The lowest BCUT2D eigenvalue weighted by Gasteiger charge is -2.39. The number of amides is 1. The Labute approximate surface area is 227 Å². The van der Waals surface area contributed by atoms with Gasteiger partial charge in [-0.05, 0) is 41.5 Å². The number of hydrogen-bond donors (Lipinski definition) is 1. The number of halogens is 1. The van der Waals surface area contributed by atoms with E-state index in [-0.39, 0.29) is 34.0 Å². The zero-order chi connectivity index (χ0) is 26.5. The van der Waals surface area contributed by atoms with Gasteiger partial charge in [0.15, 0.2) is 0 Å². The maximum absolute atomic E-state index is 13.4. The number of hydrogen-bond acceptors (Lipinski definition) is 5. The third-order valence-electron chi connectivity index (χ3n) is 6.68. The van der Waals surface area contributed by atoms with Crippen LogP contribution < -0.4 is 4.72 Å². The van der Waals surface area contributed by atoms with Crippen LogP contribution in [0.4, 0.5) is 0 Å². The second-order valence-corrected chi connectivity index (χ2v) is 11.2. The van der Waals surface area contributed by atoms with E-state index < -0.39 is 10.0 Å². The molecule has 1 amide bonds. The number of rotatable bonds is 8. The number of carbonyl (C=O) groups excluding carboxylic acids is 1. The summed E-state index contributed by atoms with van der Waals surface area (Å²) < 4.78 is 33.5. The van der Waals surface area contributed by atoms with Crippen molar-refractivity contribution in [3.05, 3.63) is 125 Å². The van der Waals surface area contributed by atoms with E-state index in [1.807, 2.05) is 36.4 Å². The van der Waals surface area contributed by atoms with Crippen LogP contribution in [0.2, 0.25) is 5.02 Å². The monoisotopic (exact) mass is 549 g/mol. The van der Waals surface area contributed by atoms with E-state index in [4.69, 9.17) is 16.0 Å². The average molecular weight is 550 g/mol. The van der Waals surface area contributed by atoms with Gasteiger partial charge in [-0.25, -0.2) is 13.1 Å². The summed E-state index contributed by atoms with van der Waals surface area (Å²) in [5, 5.41) is 0.0480. The first-order chi connectivity index (χ1) is 18.4. The summed E-state index contributed by atoms with van der Waals surface area (Å²) in [5.74, 6) is 0.249. The molecule has 38 heavy (non-hydrogen) atoms. The molecular formula is C29H28ClN3O4S. The summed E-state index contributed by atoms with van der Waals surface area (Å²) in [5.41, 5.74) is 2.69. The Bertz CT molecular complexity index is 1430. The molecule has 0 bridgehead atoms. The SMILES string of the molecule is O=C(c1ccc(Cl)c(S(=O)(=O)NCc2ccco2)c1)N1CCN(C(c2ccccc2)c2ccccc2)CC1. The first-order valence-electron chi connectivity index (χ1n) is 12.4. The van der Waals surface area contributed by atoms with Crippen LogP contribution in [0.25, 0.3) is 0 Å². The van der Waals surface area contributed by atoms with Crippen molar-refractivity contribution < 1.29 is 17.6 Å². The van der Waals surface area contributed by atoms with Crippen molar-refractivity contribution in [3.8, 4) is 0 Å². The summed E-state index contributed by atoms with van der Waals surface area (Å²) in [7, 11) is -3.96. The molecule has 1 aliphatic rings. The van der Waals surface area contributed by atoms with E-state index in [1.165, 1.54) is 29.5 Å². The molecule has 1 saturated heterocycles. The highest BCUT2D eigenvalue weighted by atomic mass is 35.5. The van der Waals surface area contributed by atoms with E-state index in [2.05, 4.69) is 33.9 Å². The van der Waals surface area contributed by atoms with Crippen LogP contribution in [0.15, 0.2) is 107 Å². The van der Waals surface area contributed by atoms with E-state index in [1.54, 1.807) is 23.1 Å². The van der Waals surface area contributed by atoms with E-state index >= 15 is 0 Å². The summed E-state index contributed by atoms with van der Waals surface area (Å²) in [6.07, 6.45) is 1.47. The van der Waals surface area contributed by atoms with Crippen LogP contribution in [0, 0.1) is 0 Å². The van der Waals surface area contributed by atoms with Gasteiger partial charge in [-0.1, -0.05) is 72.3 Å². The van der Waals surface area contributed by atoms with Crippen LogP contribution in [0.5, 0.6) is 0 Å². The largest absolute Gasteiger partial charge is 0.468 e. The number of nitrogens with zero attached hydrogens (tertiary/aromatic N) is 2. The Morgan fingerprint density at radius 1 is 0.868 bits per heavy atom. The summed E-state index contributed by atoms with van der Waals surface area (Å²) in [6.45, 7) is 2.40. The smallest absolute Gasteiger partial charge is 0.253 e. The highest BCUT2D eigenvalue weighted by molar-refractivity contribution is 7.89. The molecule has 1 fully saturated rings. The van der Waals surface area contributed by atoms with Gasteiger partial charge in [0.2, 0.25) is 10.0 Å². The topological polar surface area (TPSA) is 82.9 Å². The Kier molecular flexibility index (Phi) is 7.95. The first kappa shape index (κ1) is 26.2. The fourth-order valence-corrected chi connectivity index (χ4v) is 6.27. The Balaban J connectivity index is 1.30. The third-order valence-corrected chi connectivity index (χ3v) is 8.56. The summed E-state index contributed by atoms with van der Waals surface area (Å²) >= 11 is 6.23. The molecule has 196 valence electrons. The van der Waals surface area contributed by atoms with Gasteiger partial charge in [-0.2, -0.15) is 0 Å². The molecule has 3 aromatic carbocycles. The van der Waals surface area contributed by atoms with Crippen molar-refractivity contribution in [2.24, 2.45) is 0 Å². The van der Waals surface area contributed by atoms with Gasteiger partial charge in [0.1, 0.15) is 10.7 Å². The highest BCUT2D eigenvalue weighted by Crippen LogP contribution is 2.30. The molecule has 7 nitrogen and oxygen atoms in total. The maximum atomic E-state index is 13.4. The number of nitrogens with one attached hydrogen (secondary N) is 1. The minimum atomic E-state index is -3.96. The Morgan fingerprint density at radius 2 is 1.50 bits per heavy atom. The Hall–Kier alpha value is -3.43. The van der Waals surface area contributed by atoms with Crippen molar-refractivity contribution >= 4 is 27.5 Å². The Morgan fingerprint density at radius 3 is 2.08 bits per heavy atom. The molecule has 2 heterocycles. The lowest BCUT2D eigenvalue weighted by atomic mass is 9.96. The third kappa shape index (κ3) is 5.84. The average Bonchev–Trinajstić information content (AvgIpc) is 3.48. The van der Waals surface area contributed by atoms with Crippen LogP contribution in [-0.2, 0) is 16.6 Å². The molecule has 1 N–H and O–H groups in total. The zero-order valence-corrected chi connectivity index (χ0v) is 22.2. The standard InChI is InChI=1S/C29H28ClN3O4S/c30-26-14-13-24(20-27(26)38(35,36)31-21-25-12-7-19-37-25)29(34)33-17-15-32(16-18-33)28(22-8-3-1-4-9-22)23-10-5-2-6-11-23/h1-14,19-20,28,31H,15-18,21H2. The molecule has 0 atom stereocenters. The molecule has 5 rings (SSSR count). The second-order valence-electron chi connectivity index (χ2n) is 9.10. The molecule has 0 unspecified atom stereocenters. The van der Waals surface area contributed by atoms with Crippen molar-refractivity contribution in [1.29, 1.82) is 0 Å². The number of benzene rings is 3. The number of piperazine rings is 1. The lowest BCUT2D eigenvalue weighted by molar-refractivity contribution is 0.0597. The molecule has 1 aliphatic heterocycles. The van der Waals surface area contributed by atoms with Crippen LogP contribution in [-0.4, -0.2) is 50.3 Å². The minimum Gasteiger partial charge on any atom is -0.468 e. The van der Waals surface area contributed by atoms with Crippen LogP contribution >= 0.6 is 11.6 Å². The van der Waals surface area contributed by atoms with Gasteiger partial charge >= 0.3 is 0 Å². The van der Waals surface area contributed by atoms with Crippen molar-refractivity contribution in [1.82, 2.24) is 14.5 Å². The first-order valence-corrected chi connectivity index (χ1v) is 14.2. The van der Waals surface area contributed by atoms with E-state index in [0.717, 1.165) is 0 Å². The molecule has 0 spiro atoms. The molecule has 0 saturated carbocycles. The molecule has 1 aromatic heterocycles. The van der Waals surface area contributed by atoms with E-state index in [0.29, 0.717) is 31.9 Å². The van der Waals surface area contributed by atoms with Crippen molar-refractivity contribution in [2.45, 2.75) is 17.5 Å². The molecule has 4 aromatic rings. The van der Waals surface area contributed by atoms with Gasteiger partial charge in [0, 0.05) is 31.7 Å². The number of furan rings is 1. The van der Waals surface area contributed by atoms with Gasteiger partial charge in [-0.3, -0.25) is 9.69 Å². The second kappa shape index (κ2) is 11.5. The van der Waals surface area contributed by atoms with Gasteiger partial charge < -0.3 is 9.32 Å². The summed E-state index contributed by atoms with van der Waals surface area (Å²) in [4.78, 5) is 17.4.